The average Bonchev–Trinajstić information content (AvgIpc) is 2.83. The Morgan fingerprint density at radius 3 is 2.26 bits per heavy atom. The summed E-state index contributed by atoms with van der Waals surface area (Å²) in [5.74, 6) is -7.40. The summed E-state index contributed by atoms with van der Waals surface area (Å²) >= 11 is 0. The van der Waals surface area contributed by atoms with Crippen molar-refractivity contribution < 1.29 is 39.6 Å². The van der Waals surface area contributed by atoms with Crippen LogP contribution in [-0.2, 0) is 25.6 Å². The zero-order chi connectivity index (χ0) is 31.6. The number of benzene rings is 1. The second kappa shape index (κ2) is 10.3. The fourth-order valence-electron chi connectivity index (χ4n) is 6.33. The van der Waals surface area contributed by atoms with Gasteiger partial charge in [0.1, 0.15) is 28.9 Å². The quantitative estimate of drug-likeness (QED) is 0.191. The van der Waals surface area contributed by atoms with Gasteiger partial charge in [-0.2, -0.15) is 0 Å². The number of aromatic hydroxyl groups is 1. The first kappa shape index (κ1) is 30.9. The molecule has 0 bridgehead atoms. The largest absolute Gasteiger partial charge is 0.508 e. The van der Waals surface area contributed by atoms with Crippen molar-refractivity contribution in [2.75, 3.05) is 24.3 Å². The van der Waals surface area contributed by atoms with Crippen LogP contribution >= 0.6 is 0 Å². The fourth-order valence-corrected chi connectivity index (χ4v) is 6.33. The van der Waals surface area contributed by atoms with Gasteiger partial charge in [-0.15, -0.1) is 0 Å². The number of carbonyl (C=O) groups is 4. The van der Waals surface area contributed by atoms with Gasteiger partial charge in [0.25, 0.3) is 5.91 Å². The summed E-state index contributed by atoms with van der Waals surface area (Å²) in [4.78, 5) is 53.2. The SMILES string of the molecule is CC(C)C(Nc1cc(N(C)C)c2c(c1O)C(O)=C1C(=O)C3(O)C(O)=C(C(N)=O)C(=O)CC3CC1C2)C(=O)NC(C)(C)C. The molecule has 1 aromatic carbocycles. The minimum absolute atomic E-state index is 0.0406. The number of rotatable bonds is 6. The van der Waals surface area contributed by atoms with Gasteiger partial charge in [0.2, 0.25) is 11.7 Å². The summed E-state index contributed by atoms with van der Waals surface area (Å²) < 4.78 is 0. The first-order chi connectivity index (χ1) is 19.3. The van der Waals surface area contributed by atoms with Crippen molar-refractivity contribution in [3.63, 3.8) is 0 Å². The summed E-state index contributed by atoms with van der Waals surface area (Å²) in [6.45, 7) is 9.25. The first-order valence-electron chi connectivity index (χ1n) is 13.9. The number of hydrogen-bond donors (Lipinski definition) is 7. The smallest absolute Gasteiger partial charge is 0.255 e. The van der Waals surface area contributed by atoms with Gasteiger partial charge in [0, 0.05) is 43.2 Å². The Kier molecular flexibility index (Phi) is 7.60. The number of nitrogens with two attached hydrogens (primary N) is 1. The van der Waals surface area contributed by atoms with Crippen LogP contribution in [-0.4, -0.2) is 75.1 Å². The third kappa shape index (κ3) is 4.87. The van der Waals surface area contributed by atoms with Gasteiger partial charge in [-0.05, 0) is 57.1 Å². The number of nitrogens with one attached hydrogen (secondary N) is 2. The lowest BCUT2D eigenvalue weighted by molar-refractivity contribution is -0.147. The van der Waals surface area contributed by atoms with Crippen LogP contribution in [0.2, 0.25) is 0 Å². The summed E-state index contributed by atoms with van der Waals surface area (Å²) in [5.41, 5.74) is 2.29. The molecule has 0 aromatic heterocycles. The minimum Gasteiger partial charge on any atom is -0.508 e. The van der Waals surface area contributed by atoms with Gasteiger partial charge in [0.15, 0.2) is 11.4 Å². The number of primary amides is 1. The van der Waals surface area contributed by atoms with Crippen molar-refractivity contribution in [1.82, 2.24) is 5.32 Å². The Bertz CT molecular complexity index is 1450. The van der Waals surface area contributed by atoms with E-state index in [1.54, 1.807) is 25.1 Å². The van der Waals surface area contributed by atoms with E-state index in [0.717, 1.165) is 0 Å². The number of ketones is 2. The van der Waals surface area contributed by atoms with Crippen molar-refractivity contribution in [1.29, 1.82) is 0 Å². The van der Waals surface area contributed by atoms with E-state index < -0.39 is 69.3 Å². The molecule has 0 radical (unpaired) electrons. The molecule has 1 saturated carbocycles. The van der Waals surface area contributed by atoms with E-state index >= 15 is 0 Å². The number of anilines is 2. The van der Waals surface area contributed by atoms with Crippen LogP contribution in [0.3, 0.4) is 0 Å². The molecule has 1 fully saturated rings. The number of phenols is 1. The number of aliphatic hydroxyl groups excluding tert-OH is 2. The van der Waals surface area contributed by atoms with E-state index in [1.165, 1.54) is 0 Å². The summed E-state index contributed by atoms with van der Waals surface area (Å²) in [6, 6.07) is 0.909. The van der Waals surface area contributed by atoms with E-state index in [0.29, 0.717) is 11.3 Å². The second-order valence-electron chi connectivity index (χ2n) is 13.1. The van der Waals surface area contributed by atoms with Gasteiger partial charge in [-0.25, -0.2) is 0 Å². The fraction of sp³-hybridized carbons (Fsp3) is 0.533. The number of aliphatic hydroxyl groups is 3. The topological polar surface area (TPSA) is 203 Å². The van der Waals surface area contributed by atoms with Crippen LogP contribution in [0.15, 0.2) is 23.0 Å². The zero-order valence-electron chi connectivity index (χ0n) is 25.0. The molecule has 42 heavy (non-hydrogen) atoms. The van der Waals surface area contributed by atoms with Gasteiger partial charge in [-0.1, -0.05) is 13.8 Å². The highest BCUT2D eigenvalue weighted by atomic mass is 16.3. The van der Waals surface area contributed by atoms with Crippen molar-refractivity contribution in [2.24, 2.45) is 23.5 Å². The highest BCUT2D eigenvalue weighted by molar-refractivity contribution is 6.22. The van der Waals surface area contributed by atoms with Crippen molar-refractivity contribution in [2.45, 2.75) is 71.1 Å². The predicted molar refractivity (Wildman–Crippen MR) is 156 cm³/mol. The molecule has 4 atom stereocenters. The lowest BCUT2D eigenvalue weighted by Gasteiger charge is -2.46. The lowest BCUT2D eigenvalue weighted by Crippen LogP contribution is -2.58. The Hall–Kier alpha value is -4.06. The van der Waals surface area contributed by atoms with Crippen molar-refractivity contribution >= 4 is 40.5 Å². The number of amides is 2. The molecule has 12 nitrogen and oxygen atoms in total. The molecule has 1 aromatic rings. The number of carbonyl (C=O) groups excluding carboxylic acids is 4. The molecule has 4 rings (SSSR count). The van der Waals surface area contributed by atoms with Gasteiger partial charge < -0.3 is 41.7 Å². The molecule has 2 amide bonds. The second-order valence-corrected chi connectivity index (χ2v) is 13.1. The lowest BCUT2D eigenvalue weighted by atomic mass is 9.59. The molecular formula is C30H40N4O8. The van der Waals surface area contributed by atoms with Crippen LogP contribution in [0, 0.1) is 17.8 Å². The van der Waals surface area contributed by atoms with Crippen LogP contribution in [0.5, 0.6) is 5.75 Å². The highest BCUT2D eigenvalue weighted by Gasteiger charge is 2.60. The maximum absolute atomic E-state index is 13.8. The zero-order valence-corrected chi connectivity index (χ0v) is 25.0. The van der Waals surface area contributed by atoms with Crippen molar-refractivity contribution in [3.05, 3.63) is 34.1 Å². The number of hydrogen-bond acceptors (Lipinski definition) is 10. The van der Waals surface area contributed by atoms with Gasteiger partial charge in [0.05, 0.1) is 11.3 Å². The first-order valence-corrected chi connectivity index (χ1v) is 13.9. The average molecular weight is 585 g/mol. The molecule has 8 N–H and O–H groups in total. The molecule has 4 unspecified atom stereocenters. The van der Waals surface area contributed by atoms with Crippen LogP contribution in [0.1, 0.15) is 58.6 Å². The third-order valence-corrected chi connectivity index (χ3v) is 8.28. The van der Waals surface area contributed by atoms with Crippen molar-refractivity contribution in [3.8, 4) is 5.75 Å². The van der Waals surface area contributed by atoms with E-state index in [9.17, 15) is 39.6 Å². The van der Waals surface area contributed by atoms with E-state index in [2.05, 4.69) is 10.6 Å². The molecule has 12 heteroatoms. The molecule has 0 saturated heterocycles. The number of nitrogens with zero attached hydrogens (tertiary/aromatic N) is 1. The maximum Gasteiger partial charge on any atom is 0.255 e. The highest BCUT2D eigenvalue weighted by Crippen LogP contribution is 2.54. The Balaban J connectivity index is 1.88. The van der Waals surface area contributed by atoms with E-state index in [-0.39, 0.29) is 47.9 Å². The van der Waals surface area contributed by atoms with Crippen LogP contribution in [0.4, 0.5) is 11.4 Å². The Labute approximate surface area is 244 Å². The monoisotopic (exact) mass is 584 g/mol. The molecule has 3 aliphatic carbocycles. The minimum atomic E-state index is -2.64. The summed E-state index contributed by atoms with van der Waals surface area (Å²) in [6.07, 6.45) is -0.170. The van der Waals surface area contributed by atoms with E-state index in [1.807, 2.05) is 34.6 Å². The number of phenolic OH excluding ortho intramolecular Hbond substituents is 1. The molecule has 228 valence electrons. The molecule has 0 aliphatic heterocycles. The predicted octanol–water partition coefficient (Wildman–Crippen LogP) is 1.84. The maximum atomic E-state index is 13.8. The van der Waals surface area contributed by atoms with E-state index in [4.69, 9.17) is 5.73 Å². The summed E-state index contributed by atoms with van der Waals surface area (Å²) in [5, 5.41) is 51.4. The molecule has 0 spiro atoms. The molecule has 3 aliphatic rings. The molecular weight excluding hydrogens is 544 g/mol. The Morgan fingerprint density at radius 1 is 1.12 bits per heavy atom. The van der Waals surface area contributed by atoms with Crippen LogP contribution < -0.4 is 21.3 Å². The van der Waals surface area contributed by atoms with Crippen LogP contribution in [0.25, 0.3) is 5.76 Å². The number of Topliss-reactive ketones (excluding diaryl/α,β-unsaturated/α-hetero) is 2. The van der Waals surface area contributed by atoms with Gasteiger partial charge >= 0.3 is 0 Å². The Morgan fingerprint density at radius 2 is 1.74 bits per heavy atom. The standard InChI is InChI=1S/C30H40N4O8/c1-12(2)22(28(41)33-29(3,4)5)32-16-11-17(34(6)7)15-9-13-8-14-10-18(35)21(27(31)40)26(39)30(14,42)25(38)19(13)24(37)20(15)23(16)36/h11-14,22,32,36-37,39,42H,8-10H2,1-7H3,(H2,31,40)(H,33,41). The normalized spacial score (nSPS) is 24.6. The van der Waals surface area contributed by atoms with Gasteiger partial charge in [-0.3, -0.25) is 19.2 Å². The number of fused-ring (bicyclic) bond motifs is 3. The third-order valence-electron chi connectivity index (χ3n) is 8.28. The summed E-state index contributed by atoms with van der Waals surface area (Å²) in [7, 11) is 3.55. The molecule has 0 heterocycles.